The lowest BCUT2D eigenvalue weighted by Gasteiger charge is -2.40. The van der Waals surface area contributed by atoms with Gasteiger partial charge >= 0.3 is 0 Å². The first-order valence-electron chi connectivity index (χ1n) is 9.13. The van der Waals surface area contributed by atoms with Gasteiger partial charge in [0.2, 0.25) is 0 Å². The smallest absolute Gasteiger partial charge is 0.141 e. The van der Waals surface area contributed by atoms with Crippen LogP contribution in [0.15, 0.2) is 24.3 Å². The predicted octanol–water partition coefficient (Wildman–Crippen LogP) is 2.80. The predicted molar refractivity (Wildman–Crippen MR) is 79.5 cm³/mol. The number of carbonyl (C=O) groups excluding carboxylic acids is 2. The molecule has 7 aliphatic carbocycles. The van der Waals surface area contributed by atoms with Gasteiger partial charge in [-0.2, -0.15) is 0 Å². The minimum absolute atomic E-state index is 0.0507. The van der Waals surface area contributed by atoms with Crippen LogP contribution in [0.3, 0.4) is 0 Å². The van der Waals surface area contributed by atoms with Crippen LogP contribution in [0.4, 0.5) is 0 Å². The van der Waals surface area contributed by atoms with Crippen LogP contribution < -0.4 is 0 Å². The minimum Gasteiger partial charge on any atom is -0.299 e. The van der Waals surface area contributed by atoms with Crippen LogP contribution in [0.2, 0.25) is 0 Å². The van der Waals surface area contributed by atoms with E-state index in [-0.39, 0.29) is 23.7 Å². The Balaban J connectivity index is 1.41. The second-order valence-corrected chi connectivity index (χ2v) is 9.25. The highest BCUT2D eigenvalue weighted by Crippen LogP contribution is 2.78. The molecular weight excluding hydrogens is 272 g/mol. The van der Waals surface area contributed by atoms with Gasteiger partial charge in [0, 0.05) is 23.7 Å². The normalized spacial score (nSPS) is 58.7. The summed E-state index contributed by atoms with van der Waals surface area (Å²) in [4.78, 5) is 26.8. The number of Topliss-reactive ketones (excluding diaryl/α,β-unsaturated/α-hetero) is 2. The lowest BCUT2D eigenvalue weighted by molar-refractivity contribution is -0.148. The molecule has 8 atom stereocenters. The average molecular weight is 292 g/mol. The van der Waals surface area contributed by atoms with E-state index in [2.05, 4.69) is 24.3 Å². The molecule has 0 heterocycles. The molecule has 2 spiro atoms. The summed E-state index contributed by atoms with van der Waals surface area (Å²) in [5, 5.41) is 0. The summed E-state index contributed by atoms with van der Waals surface area (Å²) in [6, 6.07) is 0. The summed E-state index contributed by atoms with van der Waals surface area (Å²) in [7, 11) is 0. The molecule has 112 valence electrons. The van der Waals surface area contributed by atoms with Gasteiger partial charge in [-0.1, -0.05) is 24.3 Å². The van der Waals surface area contributed by atoms with E-state index in [4.69, 9.17) is 0 Å². The van der Waals surface area contributed by atoms with Gasteiger partial charge in [0.1, 0.15) is 11.6 Å². The highest BCUT2D eigenvalue weighted by Gasteiger charge is 2.78. The average Bonchev–Trinajstić information content (AvgIpc) is 3.37. The van der Waals surface area contributed by atoms with Crippen molar-refractivity contribution in [3.05, 3.63) is 24.3 Å². The molecule has 5 fully saturated rings. The van der Waals surface area contributed by atoms with Crippen LogP contribution in [-0.4, -0.2) is 11.6 Å². The van der Waals surface area contributed by atoms with Crippen molar-refractivity contribution < 1.29 is 9.59 Å². The van der Waals surface area contributed by atoms with E-state index in [1.807, 2.05) is 0 Å². The highest BCUT2D eigenvalue weighted by molar-refractivity contribution is 6.03. The molecule has 0 N–H and O–H groups in total. The summed E-state index contributed by atoms with van der Waals surface area (Å²) in [6.07, 6.45) is 14.2. The van der Waals surface area contributed by atoms with Crippen molar-refractivity contribution in [2.24, 2.45) is 58.2 Å². The molecule has 5 saturated carbocycles. The molecule has 7 aliphatic rings. The van der Waals surface area contributed by atoms with Gasteiger partial charge in [0.15, 0.2) is 0 Å². The number of carbonyl (C=O) groups is 2. The van der Waals surface area contributed by atoms with Crippen molar-refractivity contribution in [2.45, 2.75) is 25.7 Å². The first kappa shape index (κ1) is 11.4. The molecule has 0 aromatic heterocycles. The maximum atomic E-state index is 13.4. The fourth-order valence-electron chi connectivity index (χ4n) is 7.97. The number of ketones is 2. The van der Waals surface area contributed by atoms with Crippen molar-refractivity contribution in [3.63, 3.8) is 0 Å². The molecule has 0 saturated heterocycles. The second-order valence-electron chi connectivity index (χ2n) is 9.25. The summed E-state index contributed by atoms with van der Waals surface area (Å²) in [5.74, 6) is 2.78. The van der Waals surface area contributed by atoms with Crippen LogP contribution in [0.1, 0.15) is 25.7 Å². The van der Waals surface area contributed by atoms with Gasteiger partial charge in [-0.3, -0.25) is 9.59 Å². The molecule has 0 unspecified atom stereocenters. The molecular formula is C20H20O2. The van der Waals surface area contributed by atoms with E-state index in [1.54, 1.807) is 0 Å². The molecule has 22 heavy (non-hydrogen) atoms. The molecule has 4 bridgehead atoms. The van der Waals surface area contributed by atoms with Crippen LogP contribution in [0.5, 0.6) is 0 Å². The maximum absolute atomic E-state index is 13.4. The Morgan fingerprint density at radius 3 is 1.09 bits per heavy atom. The summed E-state index contributed by atoms with van der Waals surface area (Å²) >= 11 is 0. The zero-order chi connectivity index (χ0) is 14.4. The Hall–Kier alpha value is -1.18. The molecule has 0 aromatic carbocycles. The first-order chi connectivity index (χ1) is 10.7. The highest BCUT2D eigenvalue weighted by atomic mass is 16.1. The zero-order valence-electron chi connectivity index (χ0n) is 12.6. The van der Waals surface area contributed by atoms with E-state index in [0.717, 1.165) is 0 Å². The summed E-state index contributed by atoms with van der Waals surface area (Å²) in [5.41, 5.74) is 0.673. The van der Waals surface area contributed by atoms with Gasteiger partial charge in [-0.05, 0) is 60.2 Å². The number of rotatable bonds is 0. The third-order valence-electron chi connectivity index (χ3n) is 9.00. The topological polar surface area (TPSA) is 34.1 Å². The van der Waals surface area contributed by atoms with E-state index in [0.29, 0.717) is 46.1 Å². The third-order valence-corrected chi connectivity index (χ3v) is 9.00. The van der Waals surface area contributed by atoms with E-state index in [1.165, 1.54) is 25.7 Å². The van der Waals surface area contributed by atoms with E-state index < -0.39 is 0 Å². The van der Waals surface area contributed by atoms with Crippen molar-refractivity contribution >= 4 is 11.6 Å². The Bertz CT molecular complexity index is 610. The molecule has 7 rings (SSSR count). The molecule has 0 aromatic rings. The van der Waals surface area contributed by atoms with Crippen LogP contribution >= 0.6 is 0 Å². The Labute approximate surface area is 130 Å². The van der Waals surface area contributed by atoms with Gasteiger partial charge in [-0.15, -0.1) is 0 Å². The molecule has 2 heteroatoms. The van der Waals surface area contributed by atoms with Crippen molar-refractivity contribution in [1.29, 1.82) is 0 Å². The fourth-order valence-corrected chi connectivity index (χ4v) is 7.97. The SMILES string of the molecule is O=C1[C@@H]2[C@H](C(=O)[C@H]3[C@H]1[C@@H]1C=C[C@@H]3C13CC3)[C@@H]1C=C[C@@H]2C12CC2. The van der Waals surface area contributed by atoms with Crippen LogP contribution in [-0.2, 0) is 9.59 Å². The van der Waals surface area contributed by atoms with Gasteiger partial charge in [0.05, 0.1) is 0 Å². The molecule has 0 aliphatic heterocycles. The Morgan fingerprint density at radius 2 is 0.864 bits per heavy atom. The van der Waals surface area contributed by atoms with E-state index >= 15 is 0 Å². The maximum Gasteiger partial charge on any atom is 0.141 e. The number of hydrogen-bond donors (Lipinski definition) is 0. The number of allylic oxidation sites excluding steroid dienone is 4. The third kappa shape index (κ3) is 0.871. The first-order valence-corrected chi connectivity index (χ1v) is 9.13. The van der Waals surface area contributed by atoms with Crippen LogP contribution in [0, 0.1) is 58.2 Å². The van der Waals surface area contributed by atoms with Crippen molar-refractivity contribution in [1.82, 2.24) is 0 Å². The molecule has 0 amide bonds. The van der Waals surface area contributed by atoms with Gasteiger partial charge in [-0.25, -0.2) is 0 Å². The van der Waals surface area contributed by atoms with E-state index in [9.17, 15) is 9.59 Å². The lowest BCUT2D eigenvalue weighted by Crippen LogP contribution is -2.50. The lowest BCUT2D eigenvalue weighted by atomic mass is 9.60. The van der Waals surface area contributed by atoms with Gasteiger partial charge < -0.3 is 0 Å². The Kier molecular flexibility index (Phi) is 1.52. The quantitative estimate of drug-likeness (QED) is 0.643. The van der Waals surface area contributed by atoms with Crippen LogP contribution in [0.25, 0.3) is 0 Å². The zero-order valence-corrected chi connectivity index (χ0v) is 12.6. The van der Waals surface area contributed by atoms with Gasteiger partial charge in [0.25, 0.3) is 0 Å². The molecule has 0 radical (unpaired) electrons. The van der Waals surface area contributed by atoms with Crippen molar-refractivity contribution in [3.8, 4) is 0 Å². The number of fused-ring (bicyclic) bond motifs is 6. The Morgan fingerprint density at radius 1 is 0.591 bits per heavy atom. The number of hydrogen-bond acceptors (Lipinski definition) is 2. The summed E-state index contributed by atoms with van der Waals surface area (Å²) in [6.45, 7) is 0. The summed E-state index contributed by atoms with van der Waals surface area (Å²) < 4.78 is 0. The fraction of sp³-hybridized carbons (Fsp3) is 0.700. The largest absolute Gasteiger partial charge is 0.299 e. The molecule has 2 nitrogen and oxygen atoms in total. The minimum atomic E-state index is 0.0507. The standard InChI is InChI=1S/C20H20O2/c21-17-13-9-1-2-10(19(9)5-6-19)14(13)18(22)16-12-4-3-11(15(16)17)20(12)7-8-20/h1-4,9-16H,5-8H2/t9-,10-,11-,12-,13-,14+,15+,16+/m0/s1. The monoisotopic (exact) mass is 292 g/mol. The van der Waals surface area contributed by atoms with Crippen molar-refractivity contribution in [2.75, 3.05) is 0 Å². The second kappa shape index (κ2) is 2.95.